The van der Waals surface area contributed by atoms with Gasteiger partial charge in [-0.15, -0.1) is 0 Å². The summed E-state index contributed by atoms with van der Waals surface area (Å²) in [6.45, 7) is 15.0. The van der Waals surface area contributed by atoms with Crippen LogP contribution in [0.25, 0.3) is 0 Å². The van der Waals surface area contributed by atoms with Crippen LogP contribution < -0.4 is 0 Å². The van der Waals surface area contributed by atoms with E-state index in [1.54, 1.807) is 0 Å². The van der Waals surface area contributed by atoms with Crippen LogP contribution in [0.15, 0.2) is 0 Å². The first-order chi connectivity index (χ1) is 34.3. The van der Waals surface area contributed by atoms with Gasteiger partial charge in [-0.1, -0.05) is 233 Å². The van der Waals surface area contributed by atoms with Gasteiger partial charge >= 0.3 is 0 Å². The second kappa shape index (κ2) is 47.8. The van der Waals surface area contributed by atoms with Crippen molar-refractivity contribution in [3.05, 3.63) is 0 Å². The molecule has 0 bridgehead atoms. The number of aliphatic hydroxyl groups excluding tert-OH is 4. The number of aliphatic hydroxyl groups is 4. The molecule has 0 aromatic rings. The predicted molar refractivity (Wildman–Crippen MR) is 307 cm³/mol. The summed E-state index contributed by atoms with van der Waals surface area (Å²) >= 11 is 3.99. The van der Waals surface area contributed by atoms with E-state index in [0.29, 0.717) is 36.7 Å². The fourth-order valence-corrected chi connectivity index (χ4v) is 13.3. The molecule has 6 unspecified atom stereocenters. The first-order valence-electron chi connectivity index (χ1n) is 30.9. The lowest BCUT2D eigenvalue weighted by molar-refractivity contribution is 0.0602. The number of unbranched alkanes of at least 4 members (excludes halogenated alkanes) is 28. The third-order valence-corrected chi connectivity index (χ3v) is 18.0. The molecule has 2 rings (SSSR count). The molecule has 2 fully saturated rings. The van der Waals surface area contributed by atoms with Gasteiger partial charge in [-0.05, 0) is 63.1 Å². The van der Waals surface area contributed by atoms with E-state index >= 15 is 0 Å². The molecule has 8 nitrogen and oxygen atoms in total. The van der Waals surface area contributed by atoms with Gasteiger partial charge in [0.2, 0.25) is 0 Å². The van der Waals surface area contributed by atoms with E-state index in [1.165, 1.54) is 180 Å². The molecule has 0 aromatic carbocycles. The molecular weight excluding hydrogens is 909 g/mol. The molecule has 0 aromatic heterocycles. The molecule has 70 heavy (non-hydrogen) atoms. The number of hydrogen-bond donors (Lipinski definition) is 4. The van der Waals surface area contributed by atoms with Crippen molar-refractivity contribution in [1.29, 1.82) is 0 Å². The minimum absolute atomic E-state index is 0.148. The summed E-state index contributed by atoms with van der Waals surface area (Å²) in [5.74, 6) is 2.06. The summed E-state index contributed by atoms with van der Waals surface area (Å²) in [6.07, 6.45) is 45.4. The van der Waals surface area contributed by atoms with Crippen molar-refractivity contribution in [3.63, 3.8) is 0 Å². The van der Waals surface area contributed by atoms with Crippen molar-refractivity contribution >= 4 is 23.5 Å². The van der Waals surface area contributed by atoms with E-state index in [9.17, 15) is 20.4 Å². The third kappa shape index (κ3) is 36.4. The summed E-state index contributed by atoms with van der Waals surface area (Å²) in [6, 6.07) is 0. The molecule has 0 saturated carbocycles. The lowest BCUT2D eigenvalue weighted by Crippen LogP contribution is -2.39. The van der Waals surface area contributed by atoms with E-state index in [2.05, 4.69) is 37.5 Å². The van der Waals surface area contributed by atoms with E-state index < -0.39 is 0 Å². The predicted octanol–water partition coefficient (Wildman–Crippen LogP) is 14.9. The fourth-order valence-electron chi connectivity index (χ4n) is 10.9. The molecule has 418 valence electrons. The van der Waals surface area contributed by atoms with Crippen molar-refractivity contribution in [2.45, 2.75) is 319 Å². The maximum Gasteiger partial charge on any atom is 0.0989 e. The molecular formula is C60H120N2O6S2. The summed E-state index contributed by atoms with van der Waals surface area (Å²) in [5, 5.41) is 45.2. The zero-order chi connectivity index (χ0) is 50.5. The van der Waals surface area contributed by atoms with Crippen molar-refractivity contribution < 1.29 is 29.9 Å². The Bertz CT molecular complexity index is 960. The average Bonchev–Trinajstić information content (AvgIpc) is 3.95. The number of ether oxygens (including phenoxy) is 2. The van der Waals surface area contributed by atoms with E-state index in [4.69, 9.17) is 9.47 Å². The van der Waals surface area contributed by atoms with Gasteiger partial charge in [-0.25, -0.2) is 0 Å². The second-order valence-electron chi connectivity index (χ2n) is 22.3. The Labute approximate surface area is 443 Å². The third-order valence-electron chi connectivity index (χ3n) is 15.3. The van der Waals surface area contributed by atoms with Gasteiger partial charge in [0.05, 0.1) is 60.3 Å². The van der Waals surface area contributed by atoms with Crippen LogP contribution in [0, 0.1) is 0 Å². The van der Waals surface area contributed by atoms with E-state index in [1.807, 2.05) is 23.5 Å². The van der Waals surface area contributed by atoms with Crippen LogP contribution in [-0.2, 0) is 9.47 Å². The maximum atomic E-state index is 11.1. The molecule has 2 saturated heterocycles. The minimum Gasteiger partial charge on any atom is -0.392 e. The molecule has 0 spiro atoms. The monoisotopic (exact) mass is 1030 g/mol. The Hall–Kier alpha value is 0.380. The molecule has 10 heteroatoms. The summed E-state index contributed by atoms with van der Waals surface area (Å²) in [5.41, 5.74) is 0. The van der Waals surface area contributed by atoms with Gasteiger partial charge in [-0.2, -0.15) is 23.5 Å². The smallest absolute Gasteiger partial charge is 0.0989 e. The highest BCUT2D eigenvalue weighted by Gasteiger charge is 2.47. The van der Waals surface area contributed by atoms with Crippen LogP contribution in [0.2, 0.25) is 0 Å². The molecule has 4 N–H and O–H groups in total. The van der Waals surface area contributed by atoms with Crippen LogP contribution >= 0.6 is 23.5 Å². The Balaban J connectivity index is 1.78. The van der Waals surface area contributed by atoms with Crippen LogP contribution in [-0.4, -0.2) is 141 Å². The maximum absolute atomic E-state index is 11.1. The lowest BCUT2D eigenvalue weighted by atomic mass is 10.0. The summed E-state index contributed by atoms with van der Waals surface area (Å²) < 4.78 is 12.9. The second-order valence-corrected chi connectivity index (χ2v) is 25.0. The van der Waals surface area contributed by atoms with Crippen molar-refractivity contribution in [2.24, 2.45) is 0 Å². The summed E-state index contributed by atoms with van der Waals surface area (Å²) in [4.78, 5) is 4.71. The molecule has 2 heterocycles. The van der Waals surface area contributed by atoms with Gasteiger partial charge in [0, 0.05) is 26.2 Å². The number of fused-ring (bicyclic) bond motifs is 1. The van der Waals surface area contributed by atoms with Crippen molar-refractivity contribution in [2.75, 3.05) is 64.0 Å². The Morgan fingerprint density at radius 2 is 0.571 bits per heavy atom. The van der Waals surface area contributed by atoms with Crippen molar-refractivity contribution in [3.8, 4) is 0 Å². The molecule has 0 radical (unpaired) electrons. The molecule has 2 aliphatic rings. The molecule has 0 aliphatic carbocycles. The largest absolute Gasteiger partial charge is 0.392 e. The topological polar surface area (TPSA) is 106 Å². The zero-order valence-corrected chi connectivity index (χ0v) is 48.5. The molecule has 2 aliphatic heterocycles. The summed E-state index contributed by atoms with van der Waals surface area (Å²) in [7, 11) is 0. The highest BCUT2D eigenvalue weighted by Crippen LogP contribution is 2.39. The van der Waals surface area contributed by atoms with Gasteiger partial charge in [-0.3, -0.25) is 9.80 Å². The highest BCUT2D eigenvalue weighted by atomic mass is 32.2. The van der Waals surface area contributed by atoms with Gasteiger partial charge in [0.25, 0.3) is 0 Å². The standard InChI is InChI=1S/C60H120N2O6S2/c1-5-9-13-17-21-25-29-33-39-53(63)47-61(48-54(64)40-34-30-26-22-18-14-10-6-2)43-37-45-69-57-51-67-60-58(52-68-59(57)60)70-46-38-44-62(49-55(65)41-35-31-27-23-19-15-11-7-3)50-56(66)42-36-32-28-24-20-16-12-8-4/h53-60,63-66H,5-52H2,1-4H3/t53?,54?,55?,56?,57-,58-,59?,60?/m0/s1. The van der Waals surface area contributed by atoms with Crippen LogP contribution in [0.4, 0.5) is 0 Å². The first-order valence-corrected chi connectivity index (χ1v) is 33.0. The minimum atomic E-state index is -0.330. The number of thioether (sulfide) groups is 2. The van der Waals surface area contributed by atoms with Crippen LogP contribution in [0.3, 0.4) is 0 Å². The Kier molecular flexibility index (Phi) is 45.4. The van der Waals surface area contributed by atoms with Crippen molar-refractivity contribution in [1.82, 2.24) is 9.80 Å². The van der Waals surface area contributed by atoms with Gasteiger partial charge in [0.1, 0.15) is 0 Å². The number of rotatable bonds is 54. The molecule has 8 atom stereocenters. The number of nitrogens with zero attached hydrogens (tertiary/aromatic N) is 2. The lowest BCUT2D eigenvalue weighted by Gasteiger charge is -2.28. The fraction of sp³-hybridized carbons (Fsp3) is 1.00. The van der Waals surface area contributed by atoms with Gasteiger partial charge < -0.3 is 29.9 Å². The quantitative estimate of drug-likeness (QED) is 0.0440. The van der Waals surface area contributed by atoms with E-state index in [0.717, 1.165) is 102 Å². The Morgan fingerprint density at radius 3 is 0.814 bits per heavy atom. The average molecular weight is 1030 g/mol. The SMILES string of the molecule is CCCCCCCCCCC(O)CN(CCCS[C@H]1COC2C1OC[C@@H]2SCCCN(CC(O)CCCCCCCCCC)CC(O)CCCCCCCCCC)CC(O)CCCCCCCCCC. The van der Waals surface area contributed by atoms with Crippen LogP contribution in [0.5, 0.6) is 0 Å². The van der Waals surface area contributed by atoms with E-state index in [-0.39, 0.29) is 36.6 Å². The van der Waals surface area contributed by atoms with Gasteiger partial charge in [0.15, 0.2) is 0 Å². The first kappa shape index (κ1) is 66.5. The zero-order valence-electron chi connectivity index (χ0n) is 46.9. The normalized spacial score (nSPS) is 20.0. The van der Waals surface area contributed by atoms with Crippen LogP contribution in [0.1, 0.15) is 272 Å². The highest BCUT2D eigenvalue weighted by molar-refractivity contribution is 8.00. The Morgan fingerprint density at radius 1 is 0.343 bits per heavy atom. The number of hydrogen-bond acceptors (Lipinski definition) is 10. The molecule has 0 amide bonds.